The number of hydrogen-bond acceptors (Lipinski definition) is 3. The number of piperazine rings is 1. The third kappa shape index (κ3) is 2.59. The molecule has 0 spiro atoms. The predicted molar refractivity (Wildman–Crippen MR) is 77.7 cm³/mol. The second-order valence-electron chi connectivity index (χ2n) is 7.68. The largest absolute Gasteiger partial charge is 0.326 e. The van der Waals surface area contributed by atoms with E-state index in [0.717, 1.165) is 13.1 Å². The zero-order valence-electron chi connectivity index (χ0n) is 12.9. The molecule has 1 saturated carbocycles. The summed E-state index contributed by atoms with van der Waals surface area (Å²) in [6.45, 7) is 12.9. The van der Waals surface area contributed by atoms with Gasteiger partial charge in [-0.25, -0.2) is 0 Å². The van der Waals surface area contributed by atoms with E-state index >= 15 is 0 Å². The minimum Gasteiger partial charge on any atom is -0.326 e. The van der Waals surface area contributed by atoms with Gasteiger partial charge in [0.05, 0.1) is 0 Å². The molecule has 0 bridgehead atoms. The van der Waals surface area contributed by atoms with Crippen molar-refractivity contribution < 1.29 is 0 Å². The van der Waals surface area contributed by atoms with Gasteiger partial charge < -0.3 is 5.73 Å². The lowest BCUT2D eigenvalue weighted by atomic mass is 9.70. The van der Waals surface area contributed by atoms with Crippen molar-refractivity contribution in [3.63, 3.8) is 0 Å². The SMILES string of the molecule is CN1CCN(C2CCCC(C)(C)C2N)CC1(C)C. The molecule has 18 heavy (non-hydrogen) atoms. The van der Waals surface area contributed by atoms with Crippen molar-refractivity contribution in [1.29, 1.82) is 0 Å². The highest BCUT2D eigenvalue weighted by Crippen LogP contribution is 2.37. The minimum atomic E-state index is 0.277. The summed E-state index contributed by atoms with van der Waals surface area (Å²) in [5, 5.41) is 0. The fourth-order valence-corrected chi connectivity index (χ4v) is 3.60. The van der Waals surface area contributed by atoms with E-state index in [9.17, 15) is 0 Å². The van der Waals surface area contributed by atoms with Crippen LogP contribution in [0.15, 0.2) is 0 Å². The van der Waals surface area contributed by atoms with Crippen molar-refractivity contribution in [2.24, 2.45) is 11.1 Å². The number of rotatable bonds is 1. The molecule has 2 rings (SSSR count). The van der Waals surface area contributed by atoms with Gasteiger partial charge in [-0.15, -0.1) is 0 Å². The smallest absolute Gasteiger partial charge is 0.0277 e. The zero-order chi connectivity index (χ0) is 13.6. The first-order valence-corrected chi connectivity index (χ1v) is 7.45. The molecule has 0 radical (unpaired) electrons. The lowest BCUT2D eigenvalue weighted by molar-refractivity contribution is -0.0163. The van der Waals surface area contributed by atoms with Crippen LogP contribution in [0.4, 0.5) is 0 Å². The Bertz CT molecular complexity index is 298. The van der Waals surface area contributed by atoms with Gasteiger partial charge in [-0.3, -0.25) is 9.80 Å². The Labute approximate surface area is 113 Å². The van der Waals surface area contributed by atoms with Crippen LogP contribution in [0.2, 0.25) is 0 Å². The third-order valence-corrected chi connectivity index (χ3v) is 5.45. The molecule has 2 unspecified atom stereocenters. The van der Waals surface area contributed by atoms with Crippen LogP contribution < -0.4 is 5.73 Å². The van der Waals surface area contributed by atoms with Crippen LogP contribution in [0.1, 0.15) is 47.0 Å². The molecule has 2 fully saturated rings. The maximum Gasteiger partial charge on any atom is 0.0277 e. The Morgan fingerprint density at radius 1 is 1.11 bits per heavy atom. The molecule has 2 N–H and O–H groups in total. The second-order valence-corrected chi connectivity index (χ2v) is 7.68. The van der Waals surface area contributed by atoms with Crippen molar-refractivity contribution in [1.82, 2.24) is 9.80 Å². The van der Waals surface area contributed by atoms with Crippen molar-refractivity contribution in [2.45, 2.75) is 64.6 Å². The minimum absolute atomic E-state index is 0.277. The standard InChI is InChI=1S/C15H31N3/c1-14(2)8-6-7-12(13(14)16)18-10-9-17(5)15(3,4)11-18/h12-13H,6-11,16H2,1-5H3. The van der Waals surface area contributed by atoms with Crippen LogP contribution in [0.5, 0.6) is 0 Å². The summed E-state index contributed by atoms with van der Waals surface area (Å²) in [6, 6.07) is 0.909. The molecule has 1 saturated heterocycles. The second kappa shape index (κ2) is 4.77. The van der Waals surface area contributed by atoms with E-state index in [1.54, 1.807) is 0 Å². The molecule has 3 heteroatoms. The topological polar surface area (TPSA) is 32.5 Å². The van der Waals surface area contributed by atoms with Crippen molar-refractivity contribution >= 4 is 0 Å². The fourth-order valence-electron chi connectivity index (χ4n) is 3.60. The Hall–Kier alpha value is -0.120. The summed E-state index contributed by atoms with van der Waals surface area (Å²) in [7, 11) is 2.24. The van der Waals surface area contributed by atoms with Gasteiger partial charge in [0.15, 0.2) is 0 Å². The maximum atomic E-state index is 6.56. The normalized spacial score (nSPS) is 37.7. The highest BCUT2D eigenvalue weighted by atomic mass is 15.3. The first-order valence-electron chi connectivity index (χ1n) is 7.45. The van der Waals surface area contributed by atoms with E-state index in [-0.39, 0.29) is 5.54 Å². The number of nitrogens with zero attached hydrogens (tertiary/aromatic N) is 2. The lowest BCUT2D eigenvalue weighted by Gasteiger charge is -2.52. The molecule has 2 atom stereocenters. The van der Waals surface area contributed by atoms with Crippen LogP contribution in [-0.2, 0) is 0 Å². The molecule has 0 aromatic carbocycles. The van der Waals surface area contributed by atoms with E-state index < -0.39 is 0 Å². The Morgan fingerprint density at radius 3 is 2.39 bits per heavy atom. The van der Waals surface area contributed by atoms with Crippen molar-refractivity contribution in [3.8, 4) is 0 Å². The van der Waals surface area contributed by atoms with Gasteiger partial charge in [-0.2, -0.15) is 0 Å². The van der Waals surface area contributed by atoms with E-state index in [0.29, 0.717) is 17.5 Å². The Morgan fingerprint density at radius 2 is 1.78 bits per heavy atom. The monoisotopic (exact) mass is 253 g/mol. The first kappa shape index (κ1) is 14.3. The van der Waals surface area contributed by atoms with E-state index in [2.05, 4.69) is 44.5 Å². The van der Waals surface area contributed by atoms with Gasteiger partial charge in [0.1, 0.15) is 0 Å². The summed E-state index contributed by atoms with van der Waals surface area (Å²) >= 11 is 0. The van der Waals surface area contributed by atoms with Crippen LogP contribution in [-0.4, -0.2) is 54.1 Å². The van der Waals surface area contributed by atoms with Crippen LogP contribution in [0.3, 0.4) is 0 Å². The summed E-state index contributed by atoms with van der Waals surface area (Å²) in [6.07, 6.45) is 3.89. The van der Waals surface area contributed by atoms with E-state index in [1.165, 1.54) is 25.8 Å². The average Bonchev–Trinajstić information content (AvgIpc) is 2.26. The van der Waals surface area contributed by atoms with Gasteiger partial charge in [0.25, 0.3) is 0 Å². The molecule has 0 aromatic rings. The quantitative estimate of drug-likeness (QED) is 0.775. The molecule has 1 heterocycles. The molecule has 106 valence electrons. The first-order chi connectivity index (χ1) is 8.24. The highest BCUT2D eigenvalue weighted by Gasteiger charge is 2.42. The molecule has 0 aromatic heterocycles. The van der Waals surface area contributed by atoms with Crippen LogP contribution in [0, 0.1) is 5.41 Å². The van der Waals surface area contributed by atoms with Gasteiger partial charge in [0.2, 0.25) is 0 Å². The van der Waals surface area contributed by atoms with Gasteiger partial charge in [-0.05, 0) is 39.2 Å². The summed E-state index contributed by atoms with van der Waals surface area (Å²) in [5.41, 5.74) is 7.13. The maximum absolute atomic E-state index is 6.56. The van der Waals surface area contributed by atoms with Crippen molar-refractivity contribution in [3.05, 3.63) is 0 Å². The molecule has 3 nitrogen and oxygen atoms in total. The highest BCUT2D eigenvalue weighted by molar-refractivity contribution is 4.99. The average molecular weight is 253 g/mol. The summed E-state index contributed by atoms with van der Waals surface area (Å²) in [5.74, 6) is 0. The molecular weight excluding hydrogens is 222 g/mol. The van der Waals surface area contributed by atoms with Crippen molar-refractivity contribution in [2.75, 3.05) is 26.7 Å². The Balaban J connectivity index is 2.08. The zero-order valence-corrected chi connectivity index (χ0v) is 12.9. The Kier molecular flexibility index (Phi) is 3.79. The number of likely N-dealkylation sites (N-methyl/N-ethyl adjacent to an activating group) is 1. The van der Waals surface area contributed by atoms with Crippen LogP contribution >= 0.6 is 0 Å². The van der Waals surface area contributed by atoms with Gasteiger partial charge in [-0.1, -0.05) is 20.3 Å². The van der Waals surface area contributed by atoms with Gasteiger partial charge >= 0.3 is 0 Å². The summed E-state index contributed by atoms with van der Waals surface area (Å²) in [4.78, 5) is 5.13. The van der Waals surface area contributed by atoms with E-state index in [4.69, 9.17) is 5.73 Å². The summed E-state index contributed by atoms with van der Waals surface area (Å²) < 4.78 is 0. The van der Waals surface area contributed by atoms with E-state index in [1.807, 2.05) is 0 Å². The number of hydrogen-bond donors (Lipinski definition) is 1. The predicted octanol–water partition coefficient (Wildman–Crippen LogP) is 1.92. The molecular formula is C15H31N3. The van der Waals surface area contributed by atoms with Crippen LogP contribution in [0.25, 0.3) is 0 Å². The molecule has 1 aliphatic heterocycles. The number of nitrogens with two attached hydrogens (primary N) is 1. The lowest BCUT2D eigenvalue weighted by Crippen LogP contribution is -2.65. The molecule has 0 amide bonds. The van der Waals surface area contributed by atoms with Gasteiger partial charge in [0, 0.05) is 37.3 Å². The molecule has 2 aliphatic rings. The third-order valence-electron chi connectivity index (χ3n) is 5.45. The fraction of sp³-hybridized carbons (Fsp3) is 1.00. The molecule has 1 aliphatic carbocycles.